The summed E-state index contributed by atoms with van der Waals surface area (Å²) in [4.78, 5) is 7.44. The second-order valence-electron chi connectivity index (χ2n) is 17.5. The quantitative estimate of drug-likeness (QED) is 0.0190. The van der Waals surface area contributed by atoms with Crippen molar-refractivity contribution in [3.63, 3.8) is 0 Å². The van der Waals surface area contributed by atoms with Gasteiger partial charge in [0.1, 0.15) is 33.5 Å². The predicted molar refractivity (Wildman–Crippen MR) is 298 cm³/mol. The van der Waals surface area contributed by atoms with Crippen LogP contribution < -0.4 is 4.74 Å². The van der Waals surface area contributed by atoms with E-state index >= 15 is 0 Å². The highest BCUT2D eigenvalue weighted by molar-refractivity contribution is 7.99. The van der Waals surface area contributed by atoms with Crippen LogP contribution in [0.2, 0.25) is 0 Å². The molecule has 8 aromatic rings. The molecule has 3 aromatic heterocycles. The average molecular weight is 1300 g/mol. The van der Waals surface area contributed by atoms with Gasteiger partial charge < -0.3 is 9.84 Å². The van der Waals surface area contributed by atoms with Gasteiger partial charge in [0.05, 0.1) is 60.7 Å². The second kappa shape index (κ2) is 24.4. The Kier molecular flexibility index (Phi) is 18.6. The van der Waals surface area contributed by atoms with Crippen LogP contribution in [0.1, 0.15) is 40.7 Å². The van der Waals surface area contributed by atoms with Gasteiger partial charge in [0.15, 0.2) is 11.3 Å². The van der Waals surface area contributed by atoms with Gasteiger partial charge in [0.2, 0.25) is 11.0 Å². The molecule has 0 aliphatic rings. The molecule has 6 N–H and O–H groups in total. The van der Waals surface area contributed by atoms with Crippen LogP contribution in [0.4, 0.5) is 33.6 Å². The number of thioether (sulfide) groups is 1. The topological polar surface area (TPSA) is 481 Å². The van der Waals surface area contributed by atoms with Gasteiger partial charge in [-0.3, -0.25) is 27.2 Å². The summed E-state index contributed by atoms with van der Waals surface area (Å²) in [6, 6.07) is 14.7. The fourth-order valence-corrected chi connectivity index (χ4v) is 12.8. The van der Waals surface area contributed by atoms with Crippen molar-refractivity contribution in [1.29, 1.82) is 5.26 Å². The van der Waals surface area contributed by atoms with E-state index in [0.717, 1.165) is 53.4 Å². The minimum absolute atomic E-state index is 0.00388. The Balaban J connectivity index is 0.00000240. The Bertz CT molecular complexity index is 4870. The van der Waals surface area contributed by atoms with Gasteiger partial charge in [-0.15, -0.1) is 50.0 Å². The molecule has 0 aliphatic heterocycles. The van der Waals surface area contributed by atoms with Crippen molar-refractivity contribution in [2.45, 2.75) is 60.1 Å². The van der Waals surface area contributed by atoms with Gasteiger partial charge in [-0.05, 0) is 117 Å². The van der Waals surface area contributed by atoms with Crippen molar-refractivity contribution in [3.8, 4) is 17.7 Å². The Morgan fingerprint density at radius 3 is 1.88 bits per heavy atom. The van der Waals surface area contributed by atoms with Crippen molar-refractivity contribution < 1.29 is 87.3 Å². The summed E-state index contributed by atoms with van der Waals surface area (Å²) < 4.78 is 200. The molecule has 0 saturated heterocycles. The summed E-state index contributed by atoms with van der Waals surface area (Å²) in [5.74, 6) is -1.70. The number of nitriles is 1. The van der Waals surface area contributed by atoms with E-state index in [4.69, 9.17) is 17.4 Å². The molecule has 0 radical (unpaired) electrons. The van der Waals surface area contributed by atoms with Crippen LogP contribution in [-0.4, -0.2) is 121 Å². The highest BCUT2D eigenvalue weighted by Gasteiger charge is 2.26. The zero-order valence-electron chi connectivity index (χ0n) is 42.7. The number of rotatable bonds is 19. The van der Waals surface area contributed by atoms with Gasteiger partial charge in [0, 0.05) is 21.9 Å². The van der Waals surface area contributed by atoms with Gasteiger partial charge in [-0.25, -0.2) is 9.97 Å². The van der Waals surface area contributed by atoms with Crippen LogP contribution in [0.3, 0.4) is 0 Å². The van der Waals surface area contributed by atoms with E-state index in [1.54, 1.807) is 19.9 Å². The molecule has 0 amide bonds. The second-order valence-corrected chi connectivity index (χ2v) is 27.4. The molecule has 8 rings (SSSR count). The first kappa shape index (κ1) is 63.2. The van der Waals surface area contributed by atoms with Gasteiger partial charge in [-0.1, -0.05) is 17.4 Å². The number of nitrogens with zero attached hydrogens (tertiary/aromatic N) is 10. The highest BCUT2D eigenvalue weighted by Crippen LogP contribution is 2.44. The number of azo groups is 3. The third kappa shape index (κ3) is 15.2. The summed E-state index contributed by atoms with van der Waals surface area (Å²) in [5.41, 5.74) is 1.44. The lowest BCUT2D eigenvalue weighted by Crippen LogP contribution is -2.08. The van der Waals surface area contributed by atoms with E-state index in [0.29, 0.717) is 16.0 Å². The number of hydrogen-bond acceptors (Lipinski definition) is 26. The molecule has 0 saturated carbocycles. The third-order valence-electron chi connectivity index (χ3n) is 11.6. The molecule has 83 heavy (non-hydrogen) atoms. The fraction of sp³-hybridized carbons (Fsp3) is 0.222. The van der Waals surface area contributed by atoms with Gasteiger partial charge >= 0.3 is 10.6 Å². The van der Waals surface area contributed by atoms with Crippen molar-refractivity contribution in [2.75, 3.05) is 23.9 Å². The molecule has 0 spiro atoms. The Labute approximate surface area is 480 Å². The van der Waals surface area contributed by atoms with E-state index in [2.05, 4.69) is 40.7 Å². The van der Waals surface area contributed by atoms with E-state index in [9.17, 15) is 75.2 Å². The number of thiazole rings is 1. The molecule has 38 heteroatoms. The fourth-order valence-electron chi connectivity index (χ4n) is 7.92. The first-order valence-electron chi connectivity index (χ1n) is 22.9. The molecule has 0 bridgehead atoms. The molecule has 0 aliphatic carbocycles. The van der Waals surface area contributed by atoms with Crippen LogP contribution in [0.25, 0.3) is 37.7 Å². The predicted octanol–water partition coefficient (Wildman–Crippen LogP) is 9.07. The van der Waals surface area contributed by atoms with Crippen LogP contribution in [0, 0.1) is 39.0 Å². The molecule has 0 atom stereocenters. The lowest BCUT2D eigenvalue weighted by atomic mass is 10.1. The lowest BCUT2D eigenvalue weighted by Gasteiger charge is -2.12. The van der Waals surface area contributed by atoms with Crippen molar-refractivity contribution in [2.24, 2.45) is 30.7 Å². The molecular formula is C45H40N10O20S8. The number of aromatic nitrogens is 3. The van der Waals surface area contributed by atoms with Crippen molar-refractivity contribution in [1.82, 2.24) is 14.4 Å². The SMILES string of the molecule is Cc1cc(N=Nc2cc(OCCCS(=O)(=O)O)c(N=Nc3c(C)c(C#N)c4nc5cc(S(=O)(=O)O)cc(C)c5n4c3O)cc2C)c(SCCCS(=O)(=O)O)cc1N=Nc1nc2c(S(=O)(=O)O)cc3ccc(S(=O)(=O)O)cc3c2s1.O=S(=O)=O. The maximum absolute atomic E-state index is 12.5. The standard InChI is InChI=1S/C45H40N10O17S7.O3S/c1-22-14-33(51-53-39-25(4)30(21-46)43-47-35-18-28(78(66,67)68)13-24(3)41(35)55(43)44(39)56)36(72-9-5-11-75(57,58)59)19-31(22)49-52-34-15-23(2)32(20-37(34)73-10-6-12-76(60,61)62)50-54-45-48-40-38(79(69,70)71)16-26-7-8-27(77(63,64)65)17-29(26)42(40)74-45;1-4(2)3/h7-8,13-20,56H,5-6,9-12H2,1-4H3,(H,57,58,59)(H,60,61,62)(H,63,64,65)(H,66,67,68)(H,69,70,71);. The number of imidazole rings is 1. The molecular weight excluding hydrogens is 1260 g/mol. The highest BCUT2D eigenvalue weighted by atomic mass is 32.2. The minimum atomic E-state index is -4.88. The summed E-state index contributed by atoms with van der Waals surface area (Å²) in [6.07, 6.45) is -0.193. The zero-order chi connectivity index (χ0) is 61.3. The maximum atomic E-state index is 12.5. The van der Waals surface area contributed by atoms with E-state index in [1.165, 1.54) is 42.5 Å². The molecule has 438 valence electrons. The summed E-state index contributed by atoms with van der Waals surface area (Å²) in [7, 11) is -26.1. The van der Waals surface area contributed by atoms with Crippen LogP contribution in [0.15, 0.2) is 111 Å². The summed E-state index contributed by atoms with van der Waals surface area (Å²) in [6.45, 7) is 5.94. The lowest BCUT2D eigenvalue weighted by molar-refractivity contribution is 0.317. The van der Waals surface area contributed by atoms with E-state index < -0.39 is 93.3 Å². The molecule has 0 fully saturated rings. The average Bonchev–Trinajstić information content (AvgIpc) is 3.03. The summed E-state index contributed by atoms with van der Waals surface area (Å²) in [5, 5.41) is 48.2. The molecule has 0 unspecified atom stereocenters. The molecule has 30 nitrogen and oxygen atoms in total. The van der Waals surface area contributed by atoms with Gasteiger partial charge in [-0.2, -0.15) is 52.5 Å². The van der Waals surface area contributed by atoms with E-state index in [1.807, 2.05) is 6.07 Å². The van der Waals surface area contributed by atoms with Crippen LogP contribution >= 0.6 is 23.1 Å². The van der Waals surface area contributed by atoms with Crippen molar-refractivity contribution in [3.05, 3.63) is 88.5 Å². The van der Waals surface area contributed by atoms with E-state index in [-0.39, 0.29) is 119 Å². The Morgan fingerprint density at radius 1 is 0.675 bits per heavy atom. The Morgan fingerprint density at radius 2 is 1.27 bits per heavy atom. The van der Waals surface area contributed by atoms with Gasteiger partial charge in [0.25, 0.3) is 50.6 Å². The van der Waals surface area contributed by atoms with Crippen molar-refractivity contribution >= 4 is 156 Å². The molecule has 5 aromatic carbocycles. The van der Waals surface area contributed by atoms with Crippen LogP contribution in [0.5, 0.6) is 11.6 Å². The number of pyridine rings is 1. The first-order chi connectivity index (χ1) is 38.5. The zero-order valence-corrected chi connectivity index (χ0v) is 49.2. The van der Waals surface area contributed by atoms with Crippen LogP contribution in [-0.2, 0) is 61.2 Å². The number of benzene rings is 5. The summed E-state index contributed by atoms with van der Waals surface area (Å²) >= 11 is 1.91. The largest absolute Gasteiger partial charge is 0.493 e. The number of aromatic hydroxyl groups is 1. The normalized spacial score (nSPS) is 12.8. The number of ether oxygens (including phenoxy) is 1. The number of hydrogen-bond donors (Lipinski definition) is 6. The Hall–Kier alpha value is -7.39. The smallest absolute Gasteiger partial charge is 0.425 e. The minimum Gasteiger partial charge on any atom is -0.493 e. The third-order valence-corrected chi connectivity index (χ3v) is 17.9. The maximum Gasteiger partial charge on any atom is 0.425 e. The monoisotopic (exact) mass is 1300 g/mol. The first-order valence-corrected chi connectivity index (χ1v) is 33.2. The molecule has 3 heterocycles. The number of aryl methyl sites for hydroxylation is 3. The number of fused-ring (bicyclic) bond motifs is 6.